The fraction of sp³-hybridized carbons (Fsp3) is 0.867. The van der Waals surface area contributed by atoms with Crippen LogP contribution in [0.25, 0.3) is 0 Å². The first-order chi connectivity index (χ1) is 9.69. The largest absolute Gasteiger partial charge is 0.465 e. The van der Waals surface area contributed by atoms with Gasteiger partial charge in [-0.25, -0.2) is 4.79 Å². The SMILES string of the molecule is CCCCOC(=O)C1CCN(C(=O)OCCCC)CC1. The molecule has 1 amide bonds. The van der Waals surface area contributed by atoms with Gasteiger partial charge in [-0.2, -0.15) is 0 Å². The van der Waals surface area contributed by atoms with Gasteiger partial charge in [0.15, 0.2) is 0 Å². The number of hydrogen-bond acceptors (Lipinski definition) is 4. The van der Waals surface area contributed by atoms with Crippen LogP contribution in [-0.4, -0.2) is 43.3 Å². The second kappa shape index (κ2) is 9.61. The number of rotatable bonds is 7. The van der Waals surface area contributed by atoms with Gasteiger partial charge in [-0.15, -0.1) is 0 Å². The van der Waals surface area contributed by atoms with Gasteiger partial charge in [0, 0.05) is 13.1 Å². The third-order valence-corrected chi connectivity index (χ3v) is 3.55. The van der Waals surface area contributed by atoms with Crippen molar-refractivity contribution in [1.82, 2.24) is 4.90 Å². The lowest BCUT2D eigenvalue weighted by Crippen LogP contribution is -2.41. The summed E-state index contributed by atoms with van der Waals surface area (Å²) in [6, 6.07) is 0. The molecule has 0 unspecified atom stereocenters. The van der Waals surface area contributed by atoms with E-state index in [-0.39, 0.29) is 18.0 Å². The highest BCUT2D eigenvalue weighted by Crippen LogP contribution is 2.19. The molecular weight excluding hydrogens is 258 g/mol. The van der Waals surface area contributed by atoms with Crippen LogP contribution in [0.3, 0.4) is 0 Å². The normalized spacial score (nSPS) is 16.0. The fourth-order valence-electron chi connectivity index (χ4n) is 2.13. The zero-order valence-electron chi connectivity index (χ0n) is 12.7. The van der Waals surface area contributed by atoms with Crippen molar-refractivity contribution in [2.45, 2.75) is 52.4 Å². The predicted octanol–water partition coefficient (Wildman–Crippen LogP) is 2.98. The van der Waals surface area contributed by atoms with E-state index in [1.54, 1.807) is 4.90 Å². The number of nitrogens with zero attached hydrogens (tertiary/aromatic N) is 1. The van der Waals surface area contributed by atoms with E-state index in [9.17, 15) is 9.59 Å². The molecule has 0 aromatic rings. The number of unbranched alkanes of at least 4 members (excludes halogenated alkanes) is 2. The molecule has 0 aromatic heterocycles. The minimum Gasteiger partial charge on any atom is -0.465 e. The molecule has 116 valence electrons. The van der Waals surface area contributed by atoms with Crippen LogP contribution in [0.15, 0.2) is 0 Å². The summed E-state index contributed by atoms with van der Waals surface area (Å²) in [5, 5.41) is 0. The molecule has 0 spiro atoms. The van der Waals surface area contributed by atoms with Crippen molar-refractivity contribution in [3.05, 3.63) is 0 Å². The Morgan fingerprint density at radius 1 is 1.00 bits per heavy atom. The first-order valence-electron chi connectivity index (χ1n) is 7.77. The maximum absolute atomic E-state index is 11.8. The van der Waals surface area contributed by atoms with Crippen LogP contribution in [-0.2, 0) is 14.3 Å². The highest BCUT2D eigenvalue weighted by Gasteiger charge is 2.28. The zero-order chi connectivity index (χ0) is 14.8. The van der Waals surface area contributed by atoms with Crippen LogP contribution in [0.1, 0.15) is 52.4 Å². The maximum atomic E-state index is 11.8. The molecule has 0 aliphatic carbocycles. The van der Waals surface area contributed by atoms with E-state index in [0.717, 1.165) is 25.7 Å². The number of likely N-dealkylation sites (tertiary alicyclic amines) is 1. The molecule has 0 atom stereocenters. The summed E-state index contributed by atoms with van der Waals surface area (Å²) < 4.78 is 10.4. The van der Waals surface area contributed by atoms with Crippen molar-refractivity contribution in [2.75, 3.05) is 26.3 Å². The second-order valence-electron chi connectivity index (χ2n) is 5.25. The van der Waals surface area contributed by atoms with Gasteiger partial charge in [0.25, 0.3) is 0 Å². The molecule has 20 heavy (non-hydrogen) atoms. The summed E-state index contributed by atoms with van der Waals surface area (Å²) in [7, 11) is 0. The first-order valence-corrected chi connectivity index (χ1v) is 7.77. The van der Waals surface area contributed by atoms with E-state index in [0.29, 0.717) is 39.1 Å². The lowest BCUT2D eigenvalue weighted by Gasteiger charge is -2.30. The molecule has 1 fully saturated rings. The van der Waals surface area contributed by atoms with Crippen LogP contribution >= 0.6 is 0 Å². The summed E-state index contributed by atoms with van der Waals surface area (Å²) in [5.74, 6) is -0.177. The van der Waals surface area contributed by atoms with E-state index in [1.807, 2.05) is 0 Å². The number of carbonyl (C=O) groups excluding carboxylic acids is 2. The lowest BCUT2D eigenvalue weighted by molar-refractivity contribution is -0.150. The van der Waals surface area contributed by atoms with Crippen LogP contribution in [0.5, 0.6) is 0 Å². The molecule has 1 aliphatic rings. The van der Waals surface area contributed by atoms with Gasteiger partial charge in [0.2, 0.25) is 0 Å². The average molecular weight is 285 g/mol. The Morgan fingerprint density at radius 3 is 2.10 bits per heavy atom. The number of carbonyl (C=O) groups is 2. The molecule has 0 radical (unpaired) electrons. The molecule has 5 nitrogen and oxygen atoms in total. The average Bonchev–Trinajstić information content (AvgIpc) is 2.47. The quantitative estimate of drug-likeness (QED) is 0.533. The predicted molar refractivity (Wildman–Crippen MR) is 76.4 cm³/mol. The maximum Gasteiger partial charge on any atom is 0.409 e. The number of esters is 1. The van der Waals surface area contributed by atoms with Crippen molar-refractivity contribution < 1.29 is 19.1 Å². The summed E-state index contributed by atoms with van der Waals surface area (Å²) in [6.45, 7) is 6.28. The van der Waals surface area contributed by atoms with E-state index in [4.69, 9.17) is 9.47 Å². The Labute approximate surface area is 121 Å². The number of piperidine rings is 1. The van der Waals surface area contributed by atoms with E-state index < -0.39 is 0 Å². The Morgan fingerprint density at radius 2 is 1.55 bits per heavy atom. The Kier molecular flexibility index (Phi) is 8.07. The van der Waals surface area contributed by atoms with E-state index in [1.165, 1.54) is 0 Å². The minimum atomic E-state index is -0.253. The molecule has 0 bridgehead atoms. The smallest absolute Gasteiger partial charge is 0.409 e. The monoisotopic (exact) mass is 285 g/mol. The summed E-state index contributed by atoms with van der Waals surface area (Å²) >= 11 is 0. The third kappa shape index (κ3) is 5.80. The van der Waals surface area contributed by atoms with Gasteiger partial charge in [-0.1, -0.05) is 26.7 Å². The van der Waals surface area contributed by atoms with Crippen molar-refractivity contribution in [2.24, 2.45) is 5.92 Å². The van der Waals surface area contributed by atoms with Gasteiger partial charge in [-0.3, -0.25) is 4.79 Å². The fourth-order valence-corrected chi connectivity index (χ4v) is 2.13. The van der Waals surface area contributed by atoms with Crippen LogP contribution < -0.4 is 0 Å². The molecule has 1 aliphatic heterocycles. The topological polar surface area (TPSA) is 55.8 Å². The third-order valence-electron chi connectivity index (χ3n) is 3.55. The van der Waals surface area contributed by atoms with Crippen molar-refractivity contribution in [3.8, 4) is 0 Å². The van der Waals surface area contributed by atoms with Crippen molar-refractivity contribution >= 4 is 12.1 Å². The molecular formula is C15H27NO4. The number of hydrogen-bond donors (Lipinski definition) is 0. The highest BCUT2D eigenvalue weighted by atomic mass is 16.6. The van der Waals surface area contributed by atoms with Gasteiger partial charge in [0.1, 0.15) is 0 Å². The number of amides is 1. The molecule has 0 N–H and O–H groups in total. The Balaban J connectivity index is 2.21. The summed E-state index contributed by atoms with van der Waals surface area (Å²) in [4.78, 5) is 25.2. The Hall–Kier alpha value is -1.26. The van der Waals surface area contributed by atoms with Crippen LogP contribution in [0.2, 0.25) is 0 Å². The standard InChI is InChI=1S/C15H27NO4/c1-3-5-11-19-14(17)13-7-9-16(10-8-13)15(18)20-12-6-4-2/h13H,3-12H2,1-2H3. The zero-order valence-corrected chi connectivity index (χ0v) is 12.7. The minimum absolute atomic E-state index is 0.0634. The molecule has 1 saturated heterocycles. The van der Waals surface area contributed by atoms with Crippen LogP contribution in [0, 0.1) is 5.92 Å². The first kappa shape index (κ1) is 16.8. The molecule has 0 aromatic carbocycles. The van der Waals surface area contributed by atoms with Crippen molar-refractivity contribution in [3.63, 3.8) is 0 Å². The number of ether oxygens (including phenoxy) is 2. The molecule has 1 rings (SSSR count). The van der Waals surface area contributed by atoms with Crippen molar-refractivity contribution in [1.29, 1.82) is 0 Å². The van der Waals surface area contributed by atoms with Gasteiger partial charge in [-0.05, 0) is 25.7 Å². The van der Waals surface area contributed by atoms with Gasteiger partial charge < -0.3 is 14.4 Å². The molecule has 5 heteroatoms. The van der Waals surface area contributed by atoms with E-state index >= 15 is 0 Å². The highest BCUT2D eigenvalue weighted by molar-refractivity contribution is 5.73. The van der Waals surface area contributed by atoms with E-state index in [2.05, 4.69) is 13.8 Å². The summed E-state index contributed by atoms with van der Waals surface area (Å²) in [5.41, 5.74) is 0. The van der Waals surface area contributed by atoms with Gasteiger partial charge in [0.05, 0.1) is 19.1 Å². The van der Waals surface area contributed by atoms with Crippen LogP contribution in [0.4, 0.5) is 4.79 Å². The Bertz CT molecular complexity index is 268. The molecule has 1 heterocycles. The molecule has 0 saturated carbocycles. The lowest BCUT2D eigenvalue weighted by atomic mass is 9.97. The second-order valence-corrected chi connectivity index (χ2v) is 5.25. The van der Waals surface area contributed by atoms with Gasteiger partial charge >= 0.3 is 12.1 Å². The summed E-state index contributed by atoms with van der Waals surface area (Å²) in [6.07, 6.45) is 4.94.